The molecule has 1 heterocycles. The zero-order chi connectivity index (χ0) is 22.9. The van der Waals surface area contributed by atoms with Gasteiger partial charge in [-0.05, 0) is 54.8 Å². The van der Waals surface area contributed by atoms with E-state index in [-0.39, 0.29) is 17.3 Å². The first kappa shape index (κ1) is 22.0. The molecule has 1 aliphatic heterocycles. The Hall–Kier alpha value is -3.16. The molecule has 32 heavy (non-hydrogen) atoms. The Balaban J connectivity index is 1.69. The summed E-state index contributed by atoms with van der Waals surface area (Å²) in [4.78, 5) is 15.5. The number of amides is 1. The van der Waals surface area contributed by atoms with E-state index in [0.29, 0.717) is 12.1 Å². The van der Waals surface area contributed by atoms with Crippen molar-refractivity contribution in [2.75, 3.05) is 24.3 Å². The van der Waals surface area contributed by atoms with E-state index in [9.17, 15) is 13.2 Å². The summed E-state index contributed by atoms with van der Waals surface area (Å²) in [7, 11) is -0.0143. The normalized spacial score (nSPS) is 16.3. The first-order valence-corrected chi connectivity index (χ1v) is 11.9. The molecule has 0 aromatic heterocycles. The van der Waals surface area contributed by atoms with Crippen molar-refractivity contribution < 1.29 is 13.2 Å². The lowest BCUT2D eigenvalue weighted by atomic mass is 9.95. The number of rotatable bonds is 5. The van der Waals surface area contributed by atoms with Crippen LogP contribution >= 0.6 is 0 Å². The summed E-state index contributed by atoms with van der Waals surface area (Å²) >= 11 is 0. The van der Waals surface area contributed by atoms with Gasteiger partial charge in [0.2, 0.25) is 15.9 Å². The fraction of sp³-hybridized carbons (Fsp3) is 0.240. The average molecular weight is 450 g/mol. The summed E-state index contributed by atoms with van der Waals surface area (Å²) in [6.45, 7) is 2.06. The molecule has 0 saturated carbocycles. The number of hydrogen-bond acceptors (Lipinski definition) is 4. The number of benzene rings is 3. The highest BCUT2D eigenvalue weighted by Crippen LogP contribution is 2.30. The van der Waals surface area contributed by atoms with E-state index in [1.165, 1.54) is 4.31 Å². The predicted molar refractivity (Wildman–Crippen MR) is 127 cm³/mol. The van der Waals surface area contributed by atoms with Crippen LogP contribution in [0, 0.1) is 6.92 Å². The van der Waals surface area contributed by atoms with E-state index in [0.717, 1.165) is 22.4 Å². The highest BCUT2D eigenvalue weighted by molar-refractivity contribution is 7.89. The van der Waals surface area contributed by atoms with Crippen LogP contribution in [0.1, 0.15) is 16.7 Å². The Morgan fingerprint density at radius 3 is 2.34 bits per heavy atom. The zero-order valence-electron chi connectivity index (χ0n) is 18.4. The van der Waals surface area contributed by atoms with Crippen LogP contribution in [0.25, 0.3) is 0 Å². The van der Waals surface area contributed by atoms with Gasteiger partial charge in [0, 0.05) is 32.0 Å². The van der Waals surface area contributed by atoms with Gasteiger partial charge in [-0.1, -0.05) is 48.0 Å². The molecule has 0 bridgehead atoms. The summed E-state index contributed by atoms with van der Waals surface area (Å²) in [5.41, 5.74) is 4.46. The van der Waals surface area contributed by atoms with E-state index in [1.54, 1.807) is 30.3 Å². The number of sulfonamides is 1. The molecule has 6 nitrogen and oxygen atoms in total. The Kier molecular flexibility index (Phi) is 6.04. The number of nitrogens with zero attached hydrogens (tertiary/aromatic N) is 2. The van der Waals surface area contributed by atoms with Crippen molar-refractivity contribution in [3.63, 3.8) is 0 Å². The van der Waals surface area contributed by atoms with E-state index in [2.05, 4.69) is 5.32 Å². The fourth-order valence-corrected chi connectivity index (χ4v) is 5.47. The molecule has 1 N–H and O–H groups in total. The lowest BCUT2D eigenvalue weighted by Crippen LogP contribution is -2.50. The molecule has 1 aliphatic rings. The van der Waals surface area contributed by atoms with Gasteiger partial charge in [-0.15, -0.1) is 0 Å². The fourth-order valence-electron chi connectivity index (χ4n) is 3.91. The van der Waals surface area contributed by atoms with Gasteiger partial charge >= 0.3 is 0 Å². The van der Waals surface area contributed by atoms with Gasteiger partial charge in [0.25, 0.3) is 0 Å². The molecule has 0 spiro atoms. The van der Waals surface area contributed by atoms with Gasteiger partial charge in [0.05, 0.1) is 4.90 Å². The molecule has 0 unspecified atom stereocenters. The van der Waals surface area contributed by atoms with Crippen LogP contribution in [-0.2, 0) is 27.8 Å². The van der Waals surface area contributed by atoms with Crippen LogP contribution in [0.15, 0.2) is 77.7 Å². The second kappa shape index (κ2) is 8.76. The zero-order valence-corrected chi connectivity index (χ0v) is 19.3. The minimum atomic E-state index is -3.87. The molecule has 4 rings (SSSR count). The van der Waals surface area contributed by atoms with E-state index in [1.807, 2.05) is 68.4 Å². The maximum Gasteiger partial charge on any atom is 0.244 e. The molecule has 0 fully saturated rings. The maximum absolute atomic E-state index is 13.6. The molecule has 1 atom stereocenters. The van der Waals surface area contributed by atoms with Gasteiger partial charge in [-0.25, -0.2) is 8.42 Å². The molecular formula is C25H27N3O3S. The summed E-state index contributed by atoms with van der Waals surface area (Å²) in [6.07, 6.45) is 0.320. The second-order valence-corrected chi connectivity index (χ2v) is 10.2. The van der Waals surface area contributed by atoms with E-state index < -0.39 is 16.1 Å². The molecule has 3 aromatic rings. The smallest absolute Gasteiger partial charge is 0.244 e. The molecule has 7 heteroatoms. The molecule has 166 valence electrons. The Morgan fingerprint density at radius 2 is 1.66 bits per heavy atom. The molecule has 0 aliphatic carbocycles. The molecule has 0 radical (unpaired) electrons. The minimum Gasteiger partial charge on any atom is -0.378 e. The van der Waals surface area contributed by atoms with Crippen molar-refractivity contribution in [3.8, 4) is 0 Å². The molecule has 1 amide bonds. The van der Waals surface area contributed by atoms with Crippen molar-refractivity contribution in [1.82, 2.24) is 4.31 Å². The SMILES string of the molecule is Cc1ccc(S(=O)(=O)N2Cc3ccccc3C[C@@H]2C(=O)Nc2cccc(N(C)C)c2)cc1. The van der Waals surface area contributed by atoms with Gasteiger partial charge in [-0.3, -0.25) is 4.79 Å². The maximum atomic E-state index is 13.6. The summed E-state index contributed by atoms with van der Waals surface area (Å²) in [5, 5.41) is 2.93. The topological polar surface area (TPSA) is 69.7 Å². The molecule has 3 aromatic carbocycles. The summed E-state index contributed by atoms with van der Waals surface area (Å²) in [5.74, 6) is -0.342. The van der Waals surface area contributed by atoms with Crippen LogP contribution in [0.4, 0.5) is 11.4 Å². The molecule has 0 saturated heterocycles. The lowest BCUT2D eigenvalue weighted by molar-refractivity contribution is -0.120. The Bertz CT molecular complexity index is 1240. The monoisotopic (exact) mass is 449 g/mol. The summed E-state index contributed by atoms with van der Waals surface area (Å²) < 4.78 is 28.4. The second-order valence-electron chi connectivity index (χ2n) is 8.29. The standard InChI is InChI=1S/C25H27N3O3S/c1-18-11-13-23(14-12-18)32(30,31)28-17-20-8-5-4-7-19(20)15-24(28)25(29)26-21-9-6-10-22(16-21)27(2)3/h4-14,16,24H,15,17H2,1-3H3,(H,26,29)/t24-/m1/s1. The van der Waals surface area contributed by atoms with Gasteiger partial charge in [0.1, 0.15) is 6.04 Å². The van der Waals surface area contributed by atoms with Crippen molar-refractivity contribution >= 4 is 27.3 Å². The number of anilines is 2. The quantitative estimate of drug-likeness (QED) is 0.643. The Labute approximate surface area is 189 Å². The van der Waals surface area contributed by atoms with Gasteiger partial charge in [-0.2, -0.15) is 4.31 Å². The number of fused-ring (bicyclic) bond motifs is 1. The first-order chi connectivity index (χ1) is 15.3. The van der Waals surface area contributed by atoms with Gasteiger partial charge in [0.15, 0.2) is 0 Å². The average Bonchev–Trinajstić information content (AvgIpc) is 2.78. The van der Waals surface area contributed by atoms with E-state index >= 15 is 0 Å². The largest absolute Gasteiger partial charge is 0.378 e. The number of hydrogen-bond donors (Lipinski definition) is 1. The highest BCUT2D eigenvalue weighted by Gasteiger charge is 2.39. The van der Waals surface area contributed by atoms with Crippen molar-refractivity contribution in [1.29, 1.82) is 0 Å². The van der Waals surface area contributed by atoms with Crippen LogP contribution in [0.3, 0.4) is 0 Å². The third-order valence-corrected chi connectivity index (χ3v) is 7.63. The summed E-state index contributed by atoms with van der Waals surface area (Å²) in [6, 6.07) is 21.1. The minimum absolute atomic E-state index is 0.155. The highest BCUT2D eigenvalue weighted by atomic mass is 32.2. The van der Waals surface area contributed by atoms with Crippen molar-refractivity contribution in [2.24, 2.45) is 0 Å². The van der Waals surface area contributed by atoms with Crippen LogP contribution < -0.4 is 10.2 Å². The third-order valence-electron chi connectivity index (χ3n) is 5.77. The van der Waals surface area contributed by atoms with Crippen LogP contribution in [0.2, 0.25) is 0 Å². The van der Waals surface area contributed by atoms with Crippen molar-refractivity contribution in [3.05, 3.63) is 89.5 Å². The van der Waals surface area contributed by atoms with Gasteiger partial charge < -0.3 is 10.2 Å². The number of aryl methyl sites for hydroxylation is 1. The third kappa shape index (κ3) is 4.40. The Morgan fingerprint density at radius 1 is 0.969 bits per heavy atom. The first-order valence-electron chi connectivity index (χ1n) is 10.5. The lowest BCUT2D eigenvalue weighted by Gasteiger charge is -2.35. The predicted octanol–water partition coefficient (Wildman–Crippen LogP) is 3.82. The van der Waals surface area contributed by atoms with Crippen molar-refractivity contribution in [2.45, 2.75) is 30.8 Å². The van der Waals surface area contributed by atoms with Crippen LogP contribution in [0.5, 0.6) is 0 Å². The van der Waals surface area contributed by atoms with E-state index in [4.69, 9.17) is 0 Å². The number of nitrogens with one attached hydrogen (secondary N) is 1. The van der Waals surface area contributed by atoms with Crippen LogP contribution in [-0.4, -0.2) is 38.8 Å². The molecular weight excluding hydrogens is 422 g/mol. The number of carbonyl (C=O) groups is 1. The number of carbonyl (C=O) groups excluding carboxylic acids is 1.